The van der Waals surface area contributed by atoms with Crippen LogP contribution in [-0.2, 0) is 14.3 Å². The van der Waals surface area contributed by atoms with Crippen LogP contribution in [0.1, 0.15) is 33.6 Å². The van der Waals surface area contributed by atoms with Crippen LogP contribution in [-0.4, -0.2) is 32.7 Å². The first kappa shape index (κ1) is 14.0. The molecule has 98 valence electrons. The Bertz CT molecular complexity index is 414. The van der Waals surface area contributed by atoms with Crippen LogP contribution in [0.3, 0.4) is 0 Å². The molecule has 0 bridgehead atoms. The Labute approximate surface area is 105 Å². The van der Waals surface area contributed by atoms with Crippen molar-refractivity contribution in [1.82, 2.24) is 15.2 Å². The molecule has 1 aromatic rings. The molecule has 1 heterocycles. The SMILES string of the molecule is CC(C)(C)OC(=O)CCC(=O)Nc1nccnn1. The van der Waals surface area contributed by atoms with Crippen molar-refractivity contribution >= 4 is 17.8 Å². The fraction of sp³-hybridized carbons (Fsp3) is 0.545. The van der Waals surface area contributed by atoms with Gasteiger partial charge in [-0.2, -0.15) is 5.10 Å². The lowest BCUT2D eigenvalue weighted by atomic mass is 10.2. The Hall–Kier alpha value is -2.05. The van der Waals surface area contributed by atoms with Crippen LogP contribution in [0.25, 0.3) is 0 Å². The number of amides is 1. The maximum absolute atomic E-state index is 11.5. The van der Waals surface area contributed by atoms with Gasteiger partial charge in [-0.05, 0) is 20.8 Å². The van der Waals surface area contributed by atoms with Gasteiger partial charge >= 0.3 is 5.97 Å². The van der Waals surface area contributed by atoms with E-state index in [4.69, 9.17) is 4.74 Å². The summed E-state index contributed by atoms with van der Waals surface area (Å²) in [7, 11) is 0. The summed E-state index contributed by atoms with van der Waals surface area (Å²) in [5.74, 6) is -0.648. The predicted molar refractivity (Wildman–Crippen MR) is 63.5 cm³/mol. The van der Waals surface area contributed by atoms with Gasteiger partial charge in [0, 0.05) is 6.42 Å². The molecule has 0 radical (unpaired) electrons. The second-order valence-electron chi connectivity index (χ2n) is 4.60. The molecule has 1 N–H and O–H groups in total. The van der Waals surface area contributed by atoms with E-state index < -0.39 is 11.6 Å². The van der Waals surface area contributed by atoms with Gasteiger partial charge in [-0.25, -0.2) is 4.98 Å². The maximum Gasteiger partial charge on any atom is 0.306 e. The highest BCUT2D eigenvalue weighted by molar-refractivity contribution is 5.90. The van der Waals surface area contributed by atoms with Gasteiger partial charge in [-0.3, -0.25) is 14.9 Å². The van der Waals surface area contributed by atoms with Gasteiger partial charge in [-0.15, -0.1) is 5.10 Å². The minimum atomic E-state index is -0.542. The first-order valence-electron chi connectivity index (χ1n) is 5.52. The number of carbonyl (C=O) groups is 2. The number of rotatable bonds is 4. The smallest absolute Gasteiger partial charge is 0.306 e. The molecule has 0 unspecified atom stereocenters. The van der Waals surface area contributed by atoms with Crippen molar-refractivity contribution in [2.24, 2.45) is 0 Å². The minimum absolute atomic E-state index is 0.0172. The average Bonchev–Trinajstić information content (AvgIpc) is 2.25. The highest BCUT2D eigenvalue weighted by Crippen LogP contribution is 2.09. The second-order valence-corrected chi connectivity index (χ2v) is 4.60. The number of carbonyl (C=O) groups excluding carboxylic acids is 2. The molecule has 7 heteroatoms. The van der Waals surface area contributed by atoms with Gasteiger partial charge in [0.2, 0.25) is 11.9 Å². The van der Waals surface area contributed by atoms with E-state index in [2.05, 4.69) is 20.5 Å². The van der Waals surface area contributed by atoms with Crippen molar-refractivity contribution in [1.29, 1.82) is 0 Å². The van der Waals surface area contributed by atoms with Crippen LogP contribution >= 0.6 is 0 Å². The normalized spacial score (nSPS) is 10.8. The third-order valence-corrected chi connectivity index (χ3v) is 1.71. The standard InChI is InChI=1S/C11H16N4O3/c1-11(2,3)18-9(17)5-4-8(16)14-10-12-6-7-13-15-10/h6-7H,4-5H2,1-3H3,(H,12,14,15,16). The molecule has 0 atom stereocenters. The van der Waals surface area contributed by atoms with Crippen LogP contribution in [0.5, 0.6) is 0 Å². The molecule has 1 aromatic heterocycles. The molecule has 1 amide bonds. The molecular formula is C11H16N4O3. The van der Waals surface area contributed by atoms with Crippen molar-refractivity contribution in [2.75, 3.05) is 5.32 Å². The Kier molecular flexibility index (Phi) is 4.70. The Morgan fingerprint density at radius 2 is 2.00 bits per heavy atom. The van der Waals surface area contributed by atoms with E-state index >= 15 is 0 Å². The number of esters is 1. The molecule has 0 aliphatic rings. The van der Waals surface area contributed by atoms with Gasteiger partial charge in [0.15, 0.2) is 0 Å². The number of nitrogens with zero attached hydrogens (tertiary/aromatic N) is 3. The van der Waals surface area contributed by atoms with E-state index in [-0.39, 0.29) is 24.7 Å². The zero-order valence-electron chi connectivity index (χ0n) is 10.6. The Morgan fingerprint density at radius 1 is 1.28 bits per heavy atom. The Morgan fingerprint density at radius 3 is 2.56 bits per heavy atom. The van der Waals surface area contributed by atoms with Gasteiger partial charge in [0.05, 0.1) is 18.8 Å². The predicted octanol–water partition coefficient (Wildman–Crippen LogP) is 0.932. The summed E-state index contributed by atoms with van der Waals surface area (Å²) >= 11 is 0. The van der Waals surface area contributed by atoms with E-state index in [1.807, 2.05) is 0 Å². The van der Waals surface area contributed by atoms with Crippen LogP contribution in [0.2, 0.25) is 0 Å². The first-order valence-corrected chi connectivity index (χ1v) is 5.52. The first-order chi connectivity index (χ1) is 8.37. The molecule has 0 saturated carbocycles. The monoisotopic (exact) mass is 252 g/mol. The van der Waals surface area contributed by atoms with Crippen molar-refractivity contribution < 1.29 is 14.3 Å². The number of ether oxygens (including phenoxy) is 1. The summed E-state index contributed by atoms with van der Waals surface area (Å²) in [6.07, 6.45) is 2.85. The van der Waals surface area contributed by atoms with Crippen LogP contribution in [0.4, 0.5) is 5.95 Å². The third-order valence-electron chi connectivity index (χ3n) is 1.71. The zero-order valence-corrected chi connectivity index (χ0v) is 10.6. The average molecular weight is 252 g/mol. The fourth-order valence-corrected chi connectivity index (χ4v) is 1.10. The minimum Gasteiger partial charge on any atom is -0.460 e. The van der Waals surface area contributed by atoms with Gasteiger partial charge < -0.3 is 4.74 Å². The largest absolute Gasteiger partial charge is 0.460 e. The summed E-state index contributed by atoms with van der Waals surface area (Å²) in [4.78, 5) is 26.6. The number of hydrogen-bond donors (Lipinski definition) is 1. The van der Waals surface area contributed by atoms with E-state index in [1.165, 1.54) is 12.4 Å². The summed E-state index contributed by atoms with van der Waals surface area (Å²) in [6, 6.07) is 0. The summed E-state index contributed by atoms with van der Waals surface area (Å²) in [5.41, 5.74) is -0.542. The molecule has 0 saturated heterocycles. The quantitative estimate of drug-likeness (QED) is 0.801. The fourth-order valence-electron chi connectivity index (χ4n) is 1.10. The van der Waals surface area contributed by atoms with Crippen LogP contribution in [0, 0.1) is 0 Å². The van der Waals surface area contributed by atoms with Gasteiger partial charge in [0.1, 0.15) is 5.60 Å². The summed E-state index contributed by atoms with van der Waals surface area (Å²) in [6.45, 7) is 5.32. The molecule has 7 nitrogen and oxygen atoms in total. The highest BCUT2D eigenvalue weighted by Gasteiger charge is 2.17. The molecule has 18 heavy (non-hydrogen) atoms. The molecular weight excluding hydrogens is 236 g/mol. The zero-order chi connectivity index (χ0) is 13.6. The lowest BCUT2D eigenvalue weighted by molar-refractivity contribution is -0.155. The van der Waals surface area contributed by atoms with E-state index in [9.17, 15) is 9.59 Å². The number of anilines is 1. The molecule has 0 aliphatic heterocycles. The summed E-state index contributed by atoms with van der Waals surface area (Å²) < 4.78 is 5.08. The topological polar surface area (TPSA) is 94.1 Å². The summed E-state index contributed by atoms with van der Waals surface area (Å²) in [5, 5.41) is 9.59. The maximum atomic E-state index is 11.5. The van der Waals surface area contributed by atoms with Crippen molar-refractivity contribution in [3.63, 3.8) is 0 Å². The van der Waals surface area contributed by atoms with Crippen molar-refractivity contribution in [3.8, 4) is 0 Å². The molecule has 0 fully saturated rings. The lowest BCUT2D eigenvalue weighted by Crippen LogP contribution is -2.25. The van der Waals surface area contributed by atoms with Crippen molar-refractivity contribution in [3.05, 3.63) is 12.4 Å². The molecule has 0 spiro atoms. The Balaban J connectivity index is 2.32. The van der Waals surface area contributed by atoms with Gasteiger partial charge in [-0.1, -0.05) is 0 Å². The molecule has 0 aliphatic carbocycles. The van der Waals surface area contributed by atoms with E-state index in [0.717, 1.165) is 0 Å². The van der Waals surface area contributed by atoms with Gasteiger partial charge in [0.25, 0.3) is 0 Å². The molecule has 0 aromatic carbocycles. The molecule has 1 rings (SSSR count). The number of hydrogen-bond acceptors (Lipinski definition) is 6. The second kappa shape index (κ2) is 6.04. The van der Waals surface area contributed by atoms with Crippen LogP contribution < -0.4 is 5.32 Å². The van der Waals surface area contributed by atoms with E-state index in [0.29, 0.717) is 0 Å². The lowest BCUT2D eigenvalue weighted by Gasteiger charge is -2.19. The highest BCUT2D eigenvalue weighted by atomic mass is 16.6. The van der Waals surface area contributed by atoms with E-state index in [1.54, 1.807) is 20.8 Å². The number of nitrogens with one attached hydrogen (secondary N) is 1. The number of aromatic nitrogens is 3. The van der Waals surface area contributed by atoms with Crippen LogP contribution in [0.15, 0.2) is 12.4 Å². The van der Waals surface area contributed by atoms with Crippen molar-refractivity contribution in [2.45, 2.75) is 39.2 Å². The third kappa shape index (κ3) is 5.88.